The van der Waals surface area contributed by atoms with Crippen molar-refractivity contribution in [3.63, 3.8) is 0 Å². The highest BCUT2D eigenvalue weighted by molar-refractivity contribution is 5.92. The van der Waals surface area contributed by atoms with E-state index >= 15 is 0 Å². The number of furan rings is 1. The van der Waals surface area contributed by atoms with Crippen molar-refractivity contribution >= 4 is 28.5 Å². The van der Waals surface area contributed by atoms with E-state index in [-0.39, 0.29) is 11.3 Å². The van der Waals surface area contributed by atoms with Gasteiger partial charge in [-0.05, 0) is 38.1 Å². The first-order valence-electron chi connectivity index (χ1n) is 8.55. The van der Waals surface area contributed by atoms with Gasteiger partial charge in [0, 0.05) is 17.0 Å². The summed E-state index contributed by atoms with van der Waals surface area (Å²) in [5.41, 5.74) is 1.11. The maximum absolute atomic E-state index is 12.1. The molecule has 1 heterocycles. The van der Waals surface area contributed by atoms with Gasteiger partial charge >= 0.3 is 5.97 Å². The summed E-state index contributed by atoms with van der Waals surface area (Å²) >= 11 is 0. The van der Waals surface area contributed by atoms with Gasteiger partial charge in [0.25, 0.3) is 11.6 Å². The summed E-state index contributed by atoms with van der Waals surface area (Å²) in [5.74, 6) is -0.628. The molecule has 8 nitrogen and oxygen atoms in total. The van der Waals surface area contributed by atoms with Crippen LogP contribution in [0.1, 0.15) is 34.6 Å². The van der Waals surface area contributed by atoms with Crippen LogP contribution in [0.3, 0.4) is 0 Å². The molecule has 0 aliphatic carbocycles. The number of nitro groups is 1. The number of ether oxygens (including phenoxy) is 1. The minimum absolute atomic E-state index is 0.0889. The number of nitro benzene ring substituents is 1. The molecular formula is C20H18N2O6. The molecule has 3 rings (SSSR count). The monoisotopic (exact) mass is 382 g/mol. The van der Waals surface area contributed by atoms with Crippen LogP contribution in [-0.4, -0.2) is 23.4 Å². The van der Waals surface area contributed by atoms with Gasteiger partial charge in [-0.15, -0.1) is 0 Å². The number of esters is 1. The predicted molar refractivity (Wildman–Crippen MR) is 101 cm³/mol. The summed E-state index contributed by atoms with van der Waals surface area (Å²) in [4.78, 5) is 34.4. The summed E-state index contributed by atoms with van der Waals surface area (Å²) in [6.45, 7) is 2.81. The Balaban J connectivity index is 1.56. The molecule has 0 saturated carbocycles. The summed E-state index contributed by atoms with van der Waals surface area (Å²) in [6, 6.07) is 12.8. The van der Waals surface area contributed by atoms with Crippen molar-refractivity contribution in [3.8, 4) is 0 Å². The second-order valence-corrected chi connectivity index (χ2v) is 6.31. The number of hydrogen-bond donors (Lipinski definition) is 1. The number of benzene rings is 2. The molecule has 0 unspecified atom stereocenters. The lowest BCUT2D eigenvalue weighted by Crippen LogP contribution is -2.31. The van der Waals surface area contributed by atoms with Crippen LogP contribution in [-0.2, 0) is 9.53 Å². The van der Waals surface area contributed by atoms with Crippen molar-refractivity contribution in [2.45, 2.75) is 19.9 Å². The van der Waals surface area contributed by atoms with E-state index in [1.807, 2.05) is 30.3 Å². The lowest BCUT2D eigenvalue weighted by atomic mass is 10.1. The standard InChI is InChI=1S/C20H18N2O6/c1-12-9-15(7-8-16(12)22(25)26)20(24)27-11-19(23)21-13(2)18-10-14-5-3-4-6-17(14)28-18/h3-10,13H,11H2,1-2H3,(H,21,23)/t13-/m0/s1. The Hall–Kier alpha value is -3.68. The zero-order valence-corrected chi connectivity index (χ0v) is 15.3. The zero-order valence-electron chi connectivity index (χ0n) is 15.3. The van der Waals surface area contributed by atoms with Gasteiger partial charge in [-0.3, -0.25) is 14.9 Å². The van der Waals surface area contributed by atoms with Crippen LogP contribution in [0, 0.1) is 17.0 Å². The van der Waals surface area contributed by atoms with Crippen LogP contribution in [0.4, 0.5) is 5.69 Å². The third-order valence-electron chi connectivity index (χ3n) is 4.21. The minimum atomic E-state index is -0.732. The van der Waals surface area contributed by atoms with E-state index in [0.717, 1.165) is 11.0 Å². The lowest BCUT2D eigenvalue weighted by molar-refractivity contribution is -0.385. The molecule has 28 heavy (non-hydrogen) atoms. The Labute approximate surface area is 160 Å². The maximum atomic E-state index is 12.1. The normalized spacial score (nSPS) is 11.8. The molecule has 8 heteroatoms. The molecular weight excluding hydrogens is 364 g/mol. The largest absolute Gasteiger partial charge is 0.459 e. The van der Waals surface area contributed by atoms with Crippen molar-refractivity contribution in [2.75, 3.05) is 6.61 Å². The molecule has 1 amide bonds. The van der Waals surface area contributed by atoms with Crippen LogP contribution in [0.2, 0.25) is 0 Å². The van der Waals surface area contributed by atoms with Gasteiger partial charge < -0.3 is 14.5 Å². The summed E-state index contributed by atoms with van der Waals surface area (Å²) < 4.78 is 10.7. The van der Waals surface area contributed by atoms with E-state index in [1.165, 1.54) is 25.1 Å². The highest BCUT2D eigenvalue weighted by atomic mass is 16.6. The fourth-order valence-electron chi connectivity index (χ4n) is 2.77. The Morgan fingerprint density at radius 3 is 2.64 bits per heavy atom. The fraction of sp³-hybridized carbons (Fsp3) is 0.200. The Morgan fingerprint density at radius 1 is 1.21 bits per heavy atom. The second-order valence-electron chi connectivity index (χ2n) is 6.31. The molecule has 0 bridgehead atoms. The quantitative estimate of drug-likeness (QED) is 0.395. The molecule has 1 atom stereocenters. The molecule has 1 N–H and O–H groups in total. The molecule has 2 aromatic carbocycles. The van der Waals surface area contributed by atoms with Crippen LogP contribution < -0.4 is 5.32 Å². The third kappa shape index (κ3) is 4.17. The fourth-order valence-corrected chi connectivity index (χ4v) is 2.77. The number of carbonyl (C=O) groups excluding carboxylic acids is 2. The topological polar surface area (TPSA) is 112 Å². The molecule has 3 aromatic rings. The van der Waals surface area contributed by atoms with E-state index in [9.17, 15) is 19.7 Å². The number of rotatable bonds is 6. The van der Waals surface area contributed by atoms with Gasteiger partial charge in [0.15, 0.2) is 6.61 Å². The number of nitrogens with one attached hydrogen (secondary N) is 1. The molecule has 0 radical (unpaired) electrons. The van der Waals surface area contributed by atoms with Crippen LogP contribution in [0.25, 0.3) is 11.0 Å². The first kappa shape index (κ1) is 19.1. The molecule has 0 fully saturated rings. The van der Waals surface area contributed by atoms with Crippen LogP contribution >= 0.6 is 0 Å². The molecule has 1 aromatic heterocycles. The van der Waals surface area contributed by atoms with Gasteiger partial charge in [0.1, 0.15) is 11.3 Å². The van der Waals surface area contributed by atoms with Crippen molar-refractivity contribution in [1.82, 2.24) is 5.32 Å². The molecule has 0 aliphatic rings. The van der Waals surface area contributed by atoms with E-state index < -0.39 is 29.4 Å². The van der Waals surface area contributed by atoms with Crippen molar-refractivity contribution < 1.29 is 23.7 Å². The number of amides is 1. The zero-order chi connectivity index (χ0) is 20.3. The molecule has 0 spiro atoms. The molecule has 144 valence electrons. The Morgan fingerprint density at radius 2 is 1.96 bits per heavy atom. The summed E-state index contributed by atoms with van der Waals surface area (Å²) in [5, 5.41) is 14.5. The van der Waals surface area contributed by atoms with Crippen molar-refractivity contribution in [3.05, 3.63) is 75.5 Å². The molecule has 0 saturated heterocycles. The van der Waals surface area contributed by atoms with E-state index in [4.69, 9.17) is 9.15 Å². The highest BCUT2D eigenvalue weighted by Crippen LogP contribution is 2.23. The van der Waals surface area contributed by atoms with E-state index in [2.05, 4.69) is 5.32 Å². The first-order valence-corrected chi connectivity index (χ1v) is 8.55. The molecule has 0 aliphatic heterocycles. The predicted octanol–water partition coefficient (Wildman–Crippen LogP) is 3.68. The van der Waals surface area contributed by atoms with Crippen LogP contribution in [0.5, 0.6) is 0 Å². The maximum Gasteiger partial charge on any atom is 0.338 e. The number of carbonyl (C=O) groups is 2. The average Bonchev–Trinajstić information content (AvgIpc) is 3.10. The van der Waals surface area contributed by atoms with Gasteiger partial charge in [-0.1, -0.05) is 18.2 Å². The second kappa shape index (κ2) is 7.91. The first-order chi connectivity index (χ1) is 13.3. The third-order valence-corrected chi connectivity index (χ3v) is 4.21. The number of nitrogens with zero attached hydrogens (tertiary/aromatic N) is 1. The number of hydrogen-bond acceptors (Lipinski definition) is 6. The average molecular weight is 382 g/mol. The van der Waals surface area contributed by atoms with Crippen molar-refractivity contribution in [2.24, 2.45) is 0 Å². The number of fused-ring (bicyclic) bond motifs is 1. The number of aryl methyl sites for hydroxylation is 1. The van der Waals surface area contributed by atoms with Gasteiger partial charge in [-0.2, -0.15) is 0 Å². The van der Waals surface area contributed by atoms with Gasteiger partial charge in [0.2, 0.25) is 0 Å². The van der Waals surface area contributed by atoms with E-state index in [0.29, 0.717) is 11.3 Å². The Bertz CT molecular complexity index is 1020. The van der Waals surface area contributed by atoms with Crippen LogP contribution in [0.15, 0.2) is 52.9 Å². The van der Waals surface area contributed by atoms with Gasteiger partial charge in [-0.25, -0.2) is 4.79 Å². The van der Waals surface area contributed by atoms with Crippen molar-refractivity contribution in [1.29, 1.82) is 0 Å². The van der Waals surface area contributed by atoms with E-state index in [1.54, 1.807) is 6.92 Å². The summed E-state index contributed by atoms with van der Waals surface area (Å²) in [7, 11) is 0. The highest BCUT2D eigenvalue weighted by Gasteiger charge is 2.18. The van der Waals surface area contributed by atoms with Gasteiger partial charge in [0.05, 0.1) is 16.5 Å². The lowest BCUT2D eigenvalue weighted by Gasteiger charge is -2.11. The smallest absolute Gasteiger partial charge is 0.338 e. The Kier molecular flexibility index (Phi) is 5.39. The summed E-state index contributed by atoms with van der Waals surface area (Å²) in [6.07, 6.45) is 0. The number of para-hydroxylation sites is 1. The minimum Gasteiger partial charge on any atom is -0.459 e. The SMILES string of the molecule is Cc1cc(C(=O)OCC(=O)N[C@@H](C)c2cc3ccccc3o2)ccc1[N+](=O)[O-].